The minimum absolute atomic E-state index is 0.124. The third-order valence-electron chi connectivity index (χ3n) is 4.82. The van der Waals surface area contributed by atoms with Crippen molar-refractivity contribution in [3.8, 4) is 0 Å². The predicted molar refractivity (Wildman–Crippen MR) is 101 cm³/mol. The first-order chi connectivity index (χ1) is 11.4. The summed E-state index contributed by atoms with van der Waals surface area (Å²) in [5, 5.41) is 0. The van der Waals surface area contributed by atoms with Crippen LogP contribution in [-0.4, -0.2) is 13.0 Å². The minimum Gasteiger partial charge on any atom is -0.282 e. The van der Waals surface area contributed by atoms with Crippen LogP contribution in [0.25, 0.3) is 0 Å². The standard InChI is InChI=1S/C20H34O3S/c1-4-5-6-7-8-9-10-11-12-13-14-19-16-15-17(2)18(3)20(19)24(21,22)23/h15-16H,4-14H2,1-3H3,(H,21,22,23). The van der Waals surface area contributed by atoms with Crippen molar-refractivity contribution in [3.05, 3.63) is 28.8 Å². The van der Waals surface area contributed by atoms with E-state index in [0.717, 1.165) is 24.0 Å². The van der Waals surface area contributed by atoms with E-state index >= 15 is 0 Å². The molecule has 0 radical (unpaired) electrons. The Bertz CT molecular complexity index is 591. The van der Waals surface area contributed by atoms with E-state index in [1.165, 1.54) is 51.4 Å². The van der Waals surface area contributed by atoms with Gasteiger partial charge in [0, 0.05) is 0 Å². The maximum Gasteiger partial charge on any atom is 0.295 e. The Morgan fingerprint density at radius 2 is 1.33 bits per heavy atom. The summed E-state index contributed by atoms with van der Waals surface area (Å²) in [6.07, 6.45) is 13.3. The van der Waals surface area contributed by atoms with Gasteiger partial charge in [-0.1, -0.05) is 76.8 Å². The molecular weight excluding hydrogens is 320 g/mol. The molecule has 0 saturated heterocycles. The molecule has 24 heavy (non-hydrogen) atoms. The molecule has 0 unspecified atom stereocenters. The molecule has 0 aliphatic heterocycles. The van der Waals surface area contributed by atoms with Gasteiger partial charge in [0.2, 0.25) is 0 Å². The number of benzene rings is 1. The highest BCUT2D eigenvalue weighted by molar-refractivity contribution is 7.86. The molecule has 0 aliphatic rings. The van der Waals surface area contributed by atoms with Gasteiger partial charge in [-0.25, -0.2) is 0 Å². The van der Waals surface area contributed by atoms with E-state index in [4.69, 9.17) is 0 Å². The summed E-state index contributed by atoms with van der Waals surface area (Å²) in [6, 6.07) is 3.79. The van der Waals surface area contributed by atoms with Crippen molar-refractivity contribution in [1.29, 1.82) is 0 Å². The second kappa shape index (κ2) is 10.9. The largest absolute Gasteiger partial charge is 0.295 e. The van der Waals surface area contributed by atoms with Gasteiger partial charge in [-0.2, -0.15) is 8.42 Å². The smallest absolute Gasteiger partial charge is 0.282 e. The molecule has 0 amide bonds. The van der Waals surface area contributed by atoms with Gasteiger partial charge >= 0.3 is 0 Å². The molecule has 0 aliphatic carbocycles. The Morgan fingerprint density at radius 3 is 1.83 bits per heavy atom. The number of rotatable bonds is 12. The summed E-state index contributed by atoms with van der Waals surface area (Å²) >= 11 is 0. The van der Waals surface area contributed by atoms with E-state index < -0.39 is 10.1 Å². The first kappa shape index (κ1) is 21.2. The second-order valence-electron chi connectivity index (χ2n) is 6.90. The fraction of sp³-hybridized carbons (Fsp3) is 0.700. The lowest BCUT2D eigenvalue weighted by molar-refractivity contribution is 0.480. The van der Waals surface area contributed by atoms with E-state index in [0.29, 0.717) is 12.0 Å². The van der Waals surface area contributed by atoms with Crippen LogP contribution in [0.4, 0.5) is 0 Å². The first-order valence-corrected chi connectivity index (χ1v) is 10.9. The SMILES string of the molecule is CCCCCCCCCCCCc1ccc(C)c(C)c1S(=O)(=O)O. The first-order valence-electron chi connectivity index (χ1n) is 9.44. The molecule has 1 aromatic carbocycles. The Morgan fingerprint density at radius 1 is 0.833 bits per heavy atom. The highest BCUT2D eigenvalue weighted by Crippen LogP contribution is 2.25. The quantitative estimate of drug-likeness (QED) is 0.369. The number of aryl methyl sites for hydroxylation is 2. The highest BCUT2D eigenvalue weighted by Gasteiger charge is 2.19. The van der Waals surface area contributed by atoms with Crippen molar-refractivity contribution >= 4 is 10.1 Å². The lowest BCUT2D eigenvalue weighted by Gasteiger charge is -2.12. The Labute approximate surface area is 148 Å². The molecule has 138 valence electrons. The molecule has 1 aromatic rings. The highest BCUT2D eigenvalue weighted by atomic mass is 32.2. The molecule has 0 fully saturated rings. The number of hydrogen-bond donors (Lipinski definition) is 1. The minimum atomic E-state index is -4.15. The predicted octanol–water partition coefficient (Wildman–Crippen LogP) is 6.01. The van der Waals surface area contributed by atoms with Crippen LogP contribution in [0.2, 0.25) is 0 Å². The fourth-order valence-electron chi connectivity index (χ4n) is 3.21. The van der Waals surface area contributed by atoms with E-state index in [-0.39, 0.29) is 4.90 Å². The molecule has 4 heteroatoms. The van der Waals surface area contributed by atoms with Crippen LogP contribution in [0.1, 0.15) is 87.8 Å². The van der Waals surface area contributed by atoms with E-state index in [1.807, 2.05) is 19.1 Å². The van der Waals surface area contributed by atoms with E-state index in [1.54, 1.807) is 6.92 Å². The molecule has 1 N–H and O–H groups in total. The maximum atomic E-state index is 11.7. The van der Waals surface area contributed by atoms with Crippen LogP contribution in [0, 0.1) is 13.8 Å². The van der Waals surface area contributed by atoms with Gasteiger partial charge in [0.15, 0.2) is 0 Å². The summed E-state index contributed by atoms with van der Waals surface area (Å²) in [5.74, 6) is 0. The van der Waals surface area contributed by atoms with Crippen LogP contribution in [0.3, 0.4) is 0 Å². The normalized spacial score (nSPS) is 11.8. The van der Waals surface area contributed by atoms with Crippen molar-refractivity contribution in [2.45, 2.75) is 96.3 Å². The Hall–Kier alpha value is -0.870. The Kier molecular flexibility index (Phi) is 9.60. The summed E-state index contributed by atoms with van der Waals surface area (Å²) in [6.45, 7) is 5.87. The van der Waals surface area contributed by atoms with Crippen LogP contribution in [0.15, 0.2) is 17.0 Å². The molecular formula is C20H34O3S. The number of hydrogen-bond acceptors (Lipinski definition) is 2. The fourth-order valence-corrected chi connectivity index (χ4v) is 4.25. The average molecular weight is 355 g/mol. The third kappa shape index (κ3) is 7.35. The van der Waals surface area contributed by atoms with E-state index in [9.17, 15) is 13.0 Å². The average Bonchev–Trinajstić information content (AvgIpc) is 2.51. The molecule has 0 saturated carbocycles. The zero-order chi connectivity index (χ0) is 18.0. The lowest BCUT2D eigenvalue weighted by Crippen LogP contribution is -2.07. The van der Waals surface area contributed by atoms with Crippen molar-refractivity contribution < 1.29 is 13.0 Å². The van der Waals surface area contributed by atoms with Gasteiger partial charge < -0.3 is 0 Å². The van der Waals surface area contributed by atoms with Gasteiger partial charge in [-0.05, 0) is 43.4 Å². The maximum absolute atomic E-state index is 11.7. The van der Waals surface area contributed by atoms with Crippen LogP contribution >= 0.6 is 0 Å². The molecule has 0 bridgehead atoms. The molecule has 0 atom stereocenters. The zero-order valence-corrected chi connectivity index (χ0v) is 16.4. The summed E-state index contributed by atoms with van der Waals surface area (Å²) in [7, 11) is -4.15. The van der Waals surface area contributed by atoms with E-state index in [2.05, 4.69) is 6.92 Å². The lowest BCUT2D eigenvalue weighted by atomic mass is 10.0. The van der Waals surface area contributed by atoms with Gasteiger partial charge in [-0.15, -0.1) is 0 Å². The molecule has 3 nitrogen and oxygen atoms in total. The van der Waals surface area contributed by atoms with Crippen LogP contribution < -0.4 is 0 Å². The van der Waals surface area contributed by atoms with Crippen LogP contribution in [0.5, 0.6) is 0 Å². The van der Waals surface area contributed by atoms with Crippen molar-refractivity contribution in [1.82, 2.24) is 0 Å². The third-order valence-corrected chi connectivity index (χ3v) is 5.90. The summed E-state index contributed by atoms with van der Waals surface area (Å²) < 4.78 is 32.8. The van der Waals surface area contributed by atoms with Gasteiger partial charge in [0.25, 0.3) is 10.1 Å². The zero-order valence-electron chi connectivity index (χ0n) is 15.6. The molecule has 0 aromatic heterocycles. The van der Waals surface area contributed by atoms with Crippen molar-refractivity contribution in [2.24, 2.45) is 0 Å². The molecule has 1 rings (SSSR count). The van der Waals surface area contributed by atoms with Gasteiger partial charge in [0.1, 0.15) is 4.90 Å². The van der Waals surface area contributed by atoms with Gasteiger partial charge in [0.05, 0.1) is 0 Å². The van der Waals surface area contributed by atoms with Crippen molar-refractivity contribution in [3.63, 3.8) is 0 Å². The molecule has 0 heterocycles. The summed E-state index contributed by atoms with van der Waals surface area (Å²) in [4.78, 5) is 0.124. The van der Waals surface area contributed by atoms with Crippen LogP contribution in [-0.2, 0) is 16.5 Å². The summed E-state index contributed by atoms with van der Waals surface area (Å²) in [5.41, 5.74) is 2.32. The topological polar surface area (TPSA) is 54.4 Å². The number of unbranched alkanes of at least 4 members (excludes halogenated alkanes) is 9. The van der Waals surface area contributed by atoms with Gasteiger partial charge in [-0.3, -0.25) is 4.55 Å². The molecule has 0 spiro atoms. The Balaban J connectivity index is 2.35. The second-order valence-corrected chi connectivity index (χ2v) is 8.26. The van der Waals surface area contributed by atoms with Crippen molar-refractivity contribution in [2.75, 3.05) is 0 Å². The monoisotopic (exact) mass is 354 g/mol.